The monoisotopic (exact) mass is 172 g/mol. The molecule has 2 bridgehead atoms. The largest absolute Gasteiger partial charge is 0.297 e. The Morgan fingerprint density at radius 3 is 2.55 bits per heavy atom. The van der Waals surface area contributed by atoms with E-state index in [0.29, 0.717) is 0 Å². The predicted molar refractivity (Wildman–Crippen MR) is 50.6 cm³/mol. The zero-order valence-corrected chi connectivity index (χ0v) is 8.54. The van der Waals surface area contributed by atoms with Crippen LogP contribution in [0.25, 0.3) is 0 Å². The summed E-state index contributed by atoms with van der Waals surface area (Å²) in [5.74, 6) is 0.852. The maximum absolute atomic E-state index is 2.56. The zero-order chi connectivity index (χ0) is 8.01. The Morgan fingerprint density at radius 1 is 1.36 bits per heavy atom. The van der Waals surface area contributed by atoms with Gasteiger partial charge in [0.1, 0.15) is 0 Å². The molecule has 0 spiro atoms. The second-order valence-electron chi connectivity index (χ2n) is 3.80. The molecule has 3 saturated heterocycles. The van der Waals surface area contributed by atoms with E-state index < -0.39 is 0 Å². The van der Waals surface area contributed by atoms with Crippen molar-refractivity contribution in [3.05, 3.63) is 0 Å². The summed E-state index contributed by atoms with van der Waals surface area (Å²) in [6.45, 7) is 3.62. The third-order valence-corrected chi connectivity index (χ3v) is 4.66. The molecule has 0 aromatic carbocycles. The number of piperazine rings is 1. The van der Waals surface area contributed by atoms with Crippen LogP contribution in [0, 0.1) is 0 Å². The number of likely N-dealkylation sites (N-methyl/N-ethyl adjacent to an activating group) is 2. The van der Waals surface area contributed by atoms with Gasteiger partial charge in [0, 0.05) is 24.4 Å². The van der Waals surface area contributed by atoms with Gasteiger partial charge < -0.3 is 0 Å². The van der Waals surface area contributed by atoms with Gasteiger partial charge in [-0.1, -0.05) is 0 Å². The Bertz CT molecular complexity index is 162. The number of nitrogens with zero attached hydrogens (tertiary/aromatic N) is 2. The van der Waals surface area contributed by atoms with Crippen LogP contribution in [0.15, 0.2) is 0 Å². The minimum absolute atomic E-state index is 0.852. The third kappa shape index (κ3) is 1.04. The Hall–Kier alpha value is 0.350. The highest BCUT2D eigenvalue weighted by atomic mass is 31.1. The van der Waals surface area contributed by atoms with E-state index in [2.05, 4.69) is 30.6 Å². The lowest BCUT2D eigenvalue weighted by Crippen LogP contribution is -2.69. The molecule has 4 atom stereocenters. The lowest BCUT2D eigenvalue weighted by atomic mass is 9.88. The minimum atomic E-state index is 0.852. The summed E-state index contributed by atoms with van der Waals surface area (Å²) in [6.07, 6.45) is 1.45. The molecule has 3 aliphatic rings. The van der Waals surface area contributed by atoms with Crippen LogP contribution in [0.5, 0.6) is 0 Å². The lowest BCUT2D eigenvalue weighted by molar-refractivity contribution is -0.0541. The standard InChI is InChI=1S/C8H17N2P/c1-9-5-6-4-7(10(6)2)8(9)11-3/h6-8,11H,4-5H2,1-3H3. The molecule has 0 aromatic heterocycles. The van der Waals surface area contributed by atoms with E-state index in [9.17, 15) is 0 Å². The van der Waals surface area contributed by atoms with Crippen LogP contribution in [0.2, 0.25) is 0 Å². The molecule has 3 rings (SSSR count). The Kier molecular flexibility index (Phi) is 1.95. The topological polar surface area (TPSA) is 6.48 Å². The molecule has 64 valence electrons. The van der Waals surface area contributed by atoms with E-state index in [1.807, 2.05) is 0 Å². The van der Waals surface area contributed by atoms with Crippen molar-refractivity contribution in [1.82, 2.24) is 9.80 Å². The fourth-order valence-corrected chi connectivity index (χ4v) is 3.75. The second-order valence-corrected chi connectivity index (χ2v) is 4.96. The summed E-state index contributed by atoms with van der Waals surface area (Å²) in [7, 11) is 5.62. The van der Waals surface area contributed by atoms with Gasteiger partial charge in [0.15, 0.2) is 0 Å². The molecule has 11 heavy (non-hydrogen) atoms. The third-order valence-electron chi connectivity index (χ3n) is 3.25. The first-order valence-corrected chi connectivity index (χ1v) is 5.91. The number of hydrogen-bond donors (Lipinski definition) is 0. The van der Waals surface area contributed by atoms with Crippen molar-refractivity contribution in [3.63, 3.8) is 0 Å². The van der Waals surface area contributed by atoms with Crippen LogP contribution in [0.1, 0.15) is 6.42 Å². The molecule has 0 aromatic rings. The van der Waals surface area contributed by atoms with Gasteiger partial charge in [0.2, 0.25) is 0 Å². The van der Waals surface area contributed by atoms with Crippen molar-refractivity contribution < 1.29 is 0 Å². The van der Waals surface area contributed by atoms with Crippen LogP contribution in [0.3, 0.4) is 0 Å². The molecule has 0 N–H and O–H groups in total. The molecule has 3 aliphatic heterocycles. The van der Waals surface area contributed by atoms with Gasteiger partial charge in [-0.2, -0.15) is 0 Å². The van der Waals surface area contributed by atoms with E-state index in [0.717, 1.165) is 26.4 Å². The van der Waals surface area contributed by atoms with Crippen LogP contribution in [-0.2, 0) is 0 Å². The first kappa shape index (κ1) is 7.97. The smallest absolute Gasteiger partial charge is 0.0418 e. The van der Waals surface area contributed by atoms with Crippen molar-refractivity contribution in [2.45, 2.75) is 24.3 Å². The quantitative estimate of drug-likeness (QED) is 0.535. The summed E-state index contributed by atoms with van der Waals surface area (Å²) < 4.78 is 0. The van der Waals surface area contributed by atoms with E-state index in [1.54, 1.807) is 0 Å². The maximum atomic E-state index is 2.56. The van der Waals surface area contributed by atoms with Crippen molar-refractivity contribution >= 4 is 8.58 Å². The molecular weight excluding hydrogens is 155 g/mol. The predicted octanol–water partition coefficient (Wildman–Crippen LogP) is 0.639. The molecule has 3 heteroatoms. The molecule has 4 unspecified atom stereocenters. The molecule has 0 amide bonds. The van der Waals surface area contributed by atoms with Crippen molar-refractivity contribution in [1.29, 1.82) is 0 Å². The fourth-order valence-electron chi connectivity index (χ4n) is 2.45. The normalized spacial score (nSPS) is 46.6. The van der Waals surface area contributed by atoms with Crippen molar-refractivity contribution in [2.24, 2.45) is 0 Å². The number of rotatable bonds is 1. The fraction of sp³-hybridized carbons (Fsp3) is 1.00. The van der Waals surface area contributed by atoms with Crippen LogP contribution in [0.4, 0.5) is 0 Å². The first-order chi connectivity index (χ1) is 5.24. The van der Waals surface area contributed by atoms with Crippen LogP contribution >= 0.6 is 8.58 Å². The molecule has 0 radical (unpaired) electrons. The Morgan fingerprint density at radius 2 is 2.09 bits per heavy atom. The Balaban J connectivity index is 2.06. The average molecular weight is 172 g/mol. The van der Waals surface area contributed by atoms with Gasteiger partial charge in [-0.15, -0.1) is 8.58 Å². The summed E-state index contributed by atoms with van der Waals surface area (Å²) in [5, 5.41) is 0. The minimum Gasteiger partial charge on any atom is -0.297 e. The van der Waals surface area contributed by atoms with Gasteiger partial charge >= 0.3 is 0 Å². The highest BCUT2D eigenvalue weighted by Gasteiger charge is 2.46. The van der Waals surface area contributed by atoms with E-state index in [-0.39, 0.29) is 0 Å². The number of piperidine rings is 1. The van der Waals surface area contributed by atoms with Gasteiger partial charge in [-0.3, -0.25) is 9.80 Å². The highest BCUT2D eigenvalue weighted by molar-refractivity contribution is 7.37. The summed E-state index contributed by atoms with van der Waals surface area (Å²) in [4.78, 5) is 5.10. The second kappa shape index (κ2) is 2.69. The van der Waals surface area contributed by atoms with E-state index in [4.69, 9.17) is 0 Å². The van der Waals surface area contributed by atoms with Gasteiger partial charge in [0.05, 0.1) is 0 Å². The highest BCUT2D eigenvalue weighted by Crippen LogP contribution is 2.40. The maximum Gasteiger partial charge on any atom is 0.0418 e. The van der Waals surface area contributed by atoms with Crippen molar-refractivity contribution in [3.8, 4) is 0 Å². The lowest BCUT2D eigenvalue weighted by Gasteiger charge is -2.58. The number of hydrogen-bond acceptors (Lipinski definition) is 2. The molecule has 3 heterocycles. The molecule has 0 saturated carbocycles. The summed E-state index contributed by atoms with van der Waals surface area (Å²) >= 11 is 0. The average Bonchev–Trinajstić information content (AvgIpc) is 2.03. The first-order valence-electron chi connectivity index (χ1n) is 4.33. The summed E-state index contributed by atoms with van der Waals surface area (Å²) in [6, 6.07) is 1.75. The molecular formula is C8H17N2P. The molecule has 3 fully saturated rings. The SMILES string of the molecule is CPC1C2CC(CN1C)N2C. The molecule has 2 nitrogen and oxygen atoms in total. The van der Waals surface area contributed by atoms with Gasteiger partial charge in [-0.05, 0) is 27.2 Å². The Labute approximate surface area is 70.7 Å². The van der Waals surface area contributed by atoms with Crippen molar-refractivity contribution in [2.75, 3.05) is 27.3 Å². The zero-order valence-electron chi connectivity index (χ0n) is 7.54. The van der Waals surface area contributed by atoms with Crippen LogP contribution in [-0.4, -0.2) is 55.0 Å². The number of fused-ring (bicyclic) bond motifs is 2. The van der Waals surface area contributed by atoms with E-state index in [1.165, 1.54) is 13.0 Å². The van der Waals surface area contributed by atoms with E-state index >= 15 is 0 Å². The van der Waals surface area contributed by atoms with Gasteiger partial charge in [-0.25, -0.2) is 0 Å². The van der Waals surface area contributed by atoms with Gasteiger partial charge in [0.25, 0.3) is 0 Å². The summed E-state index contributed by atoms with van der Waals surface area (Å²) in [5.41, 5.74) is 0. The van der Waals surface area contributed by atoms with Crippen LogP contribution < -0.4 is 0 Å². The molecule has 0 aliphatic carbocycles.